The van der Waals surface area contributed by atoms with E-state index < -0.39 is 6.10 Å². The first-order chi connectivity index (χ1) is 16.6. The van der Waals surface area contributed by atoms with Crippen LogP contribution in [0.5, 0.6) is 11.6 Å². The summed E-state index contributed by atoms with van der Waals surface area (Å²) in [6, 6.07) is 7.34. The predicted molar refractivity (Wildman–Crippen MR) is 127 cm³/mol. The minimum Gasteiger partial charge on any atom is -0.479 e. The molecule has 0 radical (unpaired) electrons. The second-order valence-corrected chi connectivity index (χ2v) is 8.76. The van der Waals surface area contributed by atoms with Crippen molar-refractivity contribution >= 4 is 17.6 Å². The van der Waals surface area contributed by atoms with Crippen LogP contribution in [0.1, 0.15) is 37.8 Å². The van der Waals surface area contributed by atoms with Crippen molar-refractivity contribution in [1.82, 2.24) is 9.97 Å². The van der Waals surface area contributed by atoms with Gasteiger partial charge >= 0.3 is 5.97 Å². The number of carbonyl (C=O) groups excluding carboxylic acids is 2. The SMILES string of the molecule is C=CCC(CCc1ccc(N2CC[C@@H](Oc3ccc(OCC4CC4)nc3)C2=O)cn1)C(=O)OC. The summed E-state index contributed by atoms with van der Waals surface area (Å²) >= 11 is 0. The Kier molecular flexibility index (Phi) is 7.77. The number of aryl methyl sites for hydroxylation is 1. The van der Waals surface area contributed by atoms with E-state index in [0.29, 0.717) is 56.4 Å². The van der Waals surface area contributed by atoms with Gasteiger partial charge < -0.3 is 19.1 Å². The molecule has 0 aromatic carbocycles. The summed E-state index contributed by atoms with van der Waals surface area (Å²) in [4.78, 5) is 35.2. The predicted octanol–water partition coefficient (Wildman–Crippen LogP) is 3.75. The van der Waals surface area contributed by atoms with E-state index in [1.807, 2.05) is 12.1 Å². The van der Waals surface area contributed by atoms with Gasteiger partial charge in [-0.1, -0.05) is 6.08 Å². The molecule has 3 heterocycles. The fourth-order valence-corrected chi connectivity index (χ4v) is 3.94. The van der Waals surface area contributed by atoms with E-state index in [1.165, 1.54) is 20.0 Å². The van der Waals surface area contributed by atoms with E-state index in [2.05, 4.69) is 16.5 Å². The Hall–Kier alpha value is -3.42. The lowest BCUT2D eigenvalue weighted by molar-refractivity contribution is -0.145. The molecule has 0 N–H and O–H groups in total. The molecule has 4 rings (SSSR count). The molecule has 1 amide bonds. The monoisotopic (exact) mass is 465 g/mol. The number of hydrogen-bond donors (Lipinski definition) is 0. The number of aromatic nitrogens is 2. The molecule has 0 spiro atoms. The lowest BCUT2D eigenvalue weighted by atomic mass is 9.98. The normalized spacial score (nSPS) is 18.4. The number of ether oxygens (including phenoxy) is 3. The van der Waals surface area contributed by atoms with Crippen molar-refractivity contribution in [3.05, 3.63) is 55.0 Å². The van der Waals surface area contributed by atoms with Crippen LogP contribution in [0.2, 0.25) is 0 Å². The number of allylic oxidation sites excluding steroid dienone is 1. The van der Waals surface area contributed by atoms with Crippen LogP contribution < -0.4 is 14.4 Å². The molecule has 8 heteroatoms. The van der Waals surface area contributed by atoms with Crippen LogP contribution in [-0.4, -0.2) is 48.2 Å². The van der Waals surface area contributed by atoms with E-state index >= 15 is 0 Å². The molecule has 180 valence electrons. The Morgan fingerprint density at radius 1 is 1.21 bits per heavy atom. The summed E-state index contributed by atoms with van der Waals surface area (Å²) in [7, 11) is 1.39. The lowest BCUT2D eigenvalue weighted by Crippen LogP contribution is -2.32. The highest BCUT2D eigenvalue weighted by atomic mass is 16.5. The maximum atomic E-state index is 12.9. The van der Waals surface area contributed by atoms with Gasteiger partial charge in [0.25, 0.3) is 5.91 Å². The third-order valence-corrected chi connectivity index (χ3v) is 6.16. The smallest absolute Gasteiger partial charge is 0.308 e. The highest BCUT2D eigenvalue weighted by molar-refractivity contribution is 5.98. The Morgan fingerprint density at radius 2 is 2.06 bits per heavy atom. The summed E-state index contributed by atoms with van der Waals surface area (Å²) < 4.78 is 16.4. The van der Waals surface area contributed by atoms with E-state index in [4.69, 9.17) is 14.2 Å². The fraction of sp³-hybridized carbons (Fsp3) is 0.462. The molecule has 1 aliphatic heterocycles. The molecule has 1 aliphatic carbocycles. The number of hydrogen-bond acceptors (Lipinski definition) is 7. The van der Waals surface area contributed by atoms with Gasteiger partial charge in [-0.15, -0.1) is 6.58 Å². The molecule has 2 aliphatic rings. The van der Waals surface area contributed by atoms with Crippen molar-refractivity contribution in [3.63, 3.8) is 0 Å². The standard InChI is InChI=1S/C26H31N3O5/c1-3-4-19(26(31)32-2)7-8-20-9-10-21(15-27-20)29-14-13-23(25(29)30)34-22-11-12-24(28-16-22)33-17-18-5-6-18/h3,9-12,15-16,18-19,23H,1,4-8,13-14,17H2,2H3/t19?,23-/m1/s1. The Labute approximate surface area is 199 Å². The summed E-state index contributed by atoms with van der Waals surface area (Å²) in [5, 5.41) is 0. The van der Waals surface area contributed by atoms with Gasteiger partial charge in [-0.3, -0.25) is 14.6 Å². The van der Waals surface area contributed by atoms with Gasteiger partial charge in [-0.2, -0.15) is 0 Å². The zero-order valence-electron chi connectivity index (χ0n) is 19.5. The molecular weight excluding hydrogens is 434 g/mol. The molecule has 2 aromatic heterocycles. The number of esters is 1. The summed E-state index contributed by atoms with van der Waals surface area (Å²) in [5.41, 5.74) is 1.59. The maximum absolute atomic E-state index is 12.9. The second kappa shape index (κ2) is 11.1. The minimum absolute atomic E-state index is 0.0969. The first-order valence-electron chi connectivity index (χ1n) is 11.8. The van der Waals surface area contributed by atoms with E-state index in [-0.39, 0.29) is 17.8 Å². The first kappa shape index (κ1) is 23.7. The van der Waals surface area contributed by atoms with E-state index in [9.17, 15) is 9.59 Å². The molecule has 34 heavy (non-hydrogen) atoms. The zero-order chi connectivity index (χ0) is 23.9. The number of pyridine rings is 2. The highest BCUT2D eigenvalue weighted by Gasteiger charge is 2.34. The molecular formula is C26H31N3O5. The van der Waals surface area contributed by atoms with Crippen molar-refractivity contribution in [2.24, 2.45) is 11.8 Å². The maximum Gasteiger partial charge on any atom is 0.308 e. The molecule has 8 nitrogen and oxygen atoms in total. The molecule has 1 unspecified atom stereocenters. The summed E-state index contributed by atoms with van der Waals surface area (Å²) in [6.45, 7) is 4.97. The average molecular weight is 466 g/mol. The number of methoxy groups -OCH3 is 1. The van der Waals surface area contributed by atoms with Gasteiger partial charge in [0, 0.05) is 24.7 Å². The largest absolute Gasteiger partial charge is 0.479 e. The summed E-state index contributed by atoms with van der Waals surface area (Å²) in [6.07, 6.45) is 9.34. The third-order valence-electron chi connectivity index (χ3n) is 6.16. The second-order valence-electron chi connectivity index (χ2n) is 8.76. The molecule has 2 atom stereocenters. The average Bonchev–Trinajstić information content (AvgIpc) is 3.63. The fourth-order valence-electron chi connectivity index (χ4n) is 3.94. The molecule has 2 aromatic rings. The Morgan fingerprint density at radius 3 is 2.71 bits per heavy atom. The summed E-state index contributed by atoms with van der Waals surface area (Å²) in [5.74, 6) is 1.23. The first-order valence-corrected chi connectivity index (χ1v) is 11.8. The number of anilines is 1. The lowest BCUT2D eigenvalue weighted by Gasteiger charge is -2.17. The topological polar surface area (TPSA) is 90.9 Å². The molecule has 2 fully saturated rings. The van der Waals surface area contributed by atoms with Gasteiger partial charge in [-0.05, 0) is 56.2 Å². The van der Waals surface area contributed by atoms with E-state index in [0.717, 1.165) is 11.4 Å². The third kappa shape index (κ3) is 6.12. The zero-order valence-corrected chi connectivity index (χ0v) is 19.5. The van der Waals surface area contributed by atoms with Gasteiger partial charge in [0.2, 0.25) is 5.88 Å². The van der Waals surface area contributed by atoms with Gasteiger partial charge in [0.05, 0.1) is 37.7 Å². The van der Waals surface area contributed by atoms with Crippen LogP contribution in [0, 0.1) is 11.8 Å². The van der Waals surface area contributed by atoms with Crippen LogP contribution in [0.25, 0.3) is 0 Å². The van der Waals surface area contributed by atoms with Crippen LogP contribution in [0.3, 0.4) is 0 Å². The molecule has 0 bridgehead atoms. The van der Waals surface area contributed by atoms with Crippen molar-refractivity contribution in [3.8, 4) is 11.6 Å². The quantitative estimate of drug-likeness (QED) is 0.348. The van der Waals surface area contributed by atoms with Crippen molar-refractivity contribution < 1.29 is 23.8 Å². The van der Waals surface area contributed by atoms with Gasteiger partial charge in [0.15, 0.2) is 6.10 Å². The molecule has 1 saturated heterocycles. The van der Waals surface area contributed by atoms with Gasteiger partial charge in [0.1, 0.15) is 5.75 Å². The number of nitrogens with zero attached hydrogens (tertiary/aromatic N) is 3. The van der Waals surface area contributed by atoms with Crippen molar-refractivity contribution in [1.29, 1.82) is 0 Å². The van der Waals surface area contributed by atoms with E-state index in [1.54, 1.807) is 35.5 Å². The van der Waals surface area contributed by atoms with Crippen LogP contribution in [0.4, 0.5) is 5.69 Å². The van der Waals surface area contributed by atoms with Crippen molar-refractivity contribution in [2.75, 3.05) is 25.2 Å². The van der Waals surface area contributed by atoms with Crippen LogP contribution >= 0.6 is 0 Å². The number of rotatable bonds is 12. The Balaban J connectivity index is 1.28. The van der Waals surface area contributed by atoms with Crippen LogP contribution in [0.15, 0.2) is 49.3 Å². The molecule has 1 saturated carbocycles. The minimum atomic E-state index is -0.556. The Bertz CT molecular complexity index is 989. The highest BCUT2D eigenvalue weighted by Crippen LogP contribution is 2.30. The number of amides is 1. The number of carbonyl (C=O) groups is 2. The van der Waals surface area contributed by atoms with Crippen molar-refractivity contribution in [2.45, 2.75) is 44.6 Å². The van der Waals surface area contributed by atoms with Crippen LogP contribution in [-0.2, 0) is 20.7 Å². The van der Waals surface area contributed by atoms with Gasteiger partial charge in [-0.25, -0.2) is 4.98 Å².